The molecule has 1 atom stereocenters. The molecule has 2 aliphatic carbocycles. The van der Waals surface area contributed by atoms with Crippen LogP contribution in [0.2, 0.25) is 0 Å². The third-order valence-electron chi connectivity index (χ3n) is 4.77. The molecule has 7 nitrogen and oxygen atoms in total. The molecule has 2 heterocycles. The molecule has 148 valence electrons. The van der Waals surface area contributed by atoms with Gasteiger partial charge in [-0.1, -0.05) is 6.08 Å². The maximum absolute atomic E-state index is 14.5. The number of hydrogen-bond acceptors (Lipinski definition) is 5. The summed E-state index contributed by atoms with van der Waals surface area (Å²) < 4.78 is 17.3. The van der Waals surface area contributed by atoms with E-state index in [1.807, 2.05) is 16.7 Å². The quantitative estimate of drug-likeness (QED) is 0.310. The molecule has 4 rings (SSSR count). The Hall–Kier alpha value is -1.98. The van der Waals surface area contributed by atoms with Crippen LogP contribution in [0.1, 0.15) is 35.8 Å². The van der Waals surface area contributed by atoms with E-state index < -0.39 is 11.9 Å². The molecule has 0 radical (unpaired) electrons. The Labute approximate surface area is 174 Å². The average molecular weight is 498 g/mol. The van der Waals surface area contributed by atoms with Gasteiger partial charge in [0.05, 0.1) is 30.5 Å². The van der Waals surface area contributed by atoms with Gasteiger partial charge in [0.25, 0.3) is 5.91 Å². The molecule has 1 saturated carbocycles. The number of halogens is 2. The highest BCUT2D eigenvalue weighted by atomic mass is 127. The van der Waals surface area contributed by atoms with Crippen molar-refractivity contribution in [3.05, 3.63) is 45.7 Å². The fourth-order valence-electron chi connectivity index (χ4n) is 3.39. The lowest BCUT2D eigenvalue weighted by Gasteiger charge is -2.21. The lowest BCUT2D eigenvalue weighted by molar-refractivity contribution is 0.0162. The summed E-state index contributed by atoms with van der Waals surface area (Å²) in [5.41, 5.74) is 4.18. The molecule has 2 aromatic rings. The molecule has 0 bridgehead atoms. The van der Waals surface area contributed by atoms with Crippen molar-refractivity contribution in [2.24, 2.45) is 0 Å². The number of carbonyl (C=O) groups is 1. The molecule has 2 aromatic heterocycles. The number of fused-ring (bicyclic) bond motifs is 1. The molecule has 1 amide bonds. The Morgan fingerprint density at radius 2 is 2.29 bits per heavy atom. The summed E-state index contributed by atoms with van der Waals surface area (Å²) in [7, 11) is 0. The number of allylic oxidation sites excluding steroid dienone is 2. The van der Waals surface area contributed by atoms with E-state index in [4.69, 9.17) is 9.94 Å². The van der Waals surface area contributed by atoms with Crippen molar-refractivity contribution in [3.8, 4) is 0 Å². The Balaban J connectivity index is 1.76. The van der Waals surface area contributed by atoms with E-state index in [0.717, 1.165) is 27.3 Å². The molecule has 28 heavy (non-hydrogen) atoms. The second-order valence-electron chi connectivity index (χ2n) is 6.77. The zero-order chi connectivity index (χ0) is 19.7. The van der Waals surface area contributed by atoms with Crippen LogP contribution < -0.4 is 10.8 Å². The number of aromatic nitrogens is 2. The lowest BCUT2D eigenvalue weighted by Crippen LogP contribution is -2.29. The molecular weight excluding hydrogens is 478 g/mol. The van der Waals surface area contributed by atoms with E-state index in [1.165, 1.54) is 6.08 Å². The van der Waals surface area contributed by atoms with Crippen molar-refractivity contribution < 1.29 is 19.1 Å². The number of nitrogens with one attached hydrogen (secondary N) is 2. The second-order valence-corrected chi connectivity index (χ2v) is 8.02. The van der Waals surface area contributed by atoms with E-state index in [1.54, 1.807) is 12.4 Å². The highest BCUT2D eigenvalue weighted by Crippen LogP contribution is 2.43. The first kappa shape index (κ1) is 19.3. The number of pyridine rings is 1. The first-order valence-electron chi connectivity index (χ1n) is 9.10. The Morgan fingerprint density at radius 3 is 3.00 bits per heavy atom. The number of hydrogen-bond donors (Lipinski definition) is 3. The van der Waals surface area contributed by atoms with Gasteiger partial charge in [0, 0.05) is 27.4 Å². The molecule has 3 N–H and O–H groups in total. The van der Waals surface area contributed by atoms with E-state index in [2.05, 4.69) is 38.4 Å². The Kier molecular flexibility index (Phi) is 5.65. The third kappa shape index (κ3) is 3.78. The van der Waals surface area contributed by atoms with Crippen molar-refractivity contribution in [1.82, 2.24) is 15.0 Å². The van der Waals surface area contributed by atoms with Crippen LogP contribution in [0.15, 0.2) is 40.0 Å². The number of hydroxylamine groups is 1. The topological polar surface area (TPSA) is 88.4 Å². The zero-order valence-electron chi connectivity index (χ0n) is 15.0. The maximum atomic E-state index is 14.5. The summed E-state index contributed by atoms with van der Waals surface area (Å²) in [6.45, 7) is -0.215. The number of aliphatic hydroxyl groups is 1. The van der Waals surface area contributed by atoms with Gasteiger partial charge in [-0.3, -0.25) is 14.6 Å². The van der Waals surface area contributed by atoms with Gasteiger partial charge in [0.2, 0.25) is 0 Å². The summed E-state index contributed by atoms with van der Waals surface area (Å²) in [6, 6.07) is 1.52. The number of nitrogens with zero attached hydrogens (tertiary/aromatic N) is 2. The first-order valence-corrected chi connectivity index (χ1v) is 10.2. The molecule has 9 heteroatoms. The minimum absolute atomic E-state index is 0.0110. The molecule has 0 aromatic carbocycles. The molecule has 0 saturated heterocycles. The summed E-state index contributed by atoms with van der Waals surface area (Å²) in [6.07, 6.45) is 9.24. The predicted octanol–water partition coefficient (Wildman–Crippen LogP) is 3.38. The van der Waals surface area contributed by atoms with E-state index in [-0.39, 0.29) is 25.1 Å². The Bertz CT molecular complexity index is 967. The largest absolute Gasteiger partial charge is 0.394 e. The fourth-order valence-corrected chi connectivity index (χ4v) is 3.94. The summed E-state index contributed by atoms with van der Waals surface area (Å²) in [5.74, 6) is -0.713. The average Bonchev–Trinajstić information content (AvgIpc) is 3.47. The SMILES string of the molecule is O=C(NOCCO)c1c(NC2CC=C(I)C=C2F)c2cnccc2n1C1CC1. The van der Waals surface area contributed by atoms with Crippen LogP contribution in [-0.4, -0.2) is 39.8 Å². The van der Waals surface area contributed by atoms with E-state index in [9.17, 15) is 9.18 Å². The van der Waals surface area contributed by atoms with Gasteiger partial charge in [-0.25, -0.2) is 9.87 Å². The number of carbonyl (C=O) groups excluding carboxylic acids is 1. The lowest BCUT2D eigenvalue weighted by atomic mass is 10.1. The summed E-state index contributed by atoms with van der Waals surface area (Å²) >= 11 is 2.09. The van der Waals surface area contributed by atoms with Crippen LogP contribution in [0.5, 0.6) is 0 Å². The van der Waals surface area contributed by atoms with Gasteiger partial charge in [-0.2, -0.15) is 0 Å². The summed E-state index contributed by atoms with van der Waals surface area (Å²) in [4.78, 5) is 22.1. The fraction of sp³-hybridized carbons (Fsp3) is 0.368. The first-order chi connectivity index (χ1) is 13.6. The van der Waals surface area contributed by atoms with Gasteiger partial charge in [-0.15, -0.1) is 0 Å². The van der Waals surface area contributed by atoms with Crippen molar-refractivity contribution in [3.63, 3.8) is 0 Å². The van der Waals surface area contributed by atoms with Crippen LogP contribution in [0, 0.1) is 0 Å². The zero-order valence-corrected chi connectivity index (χ0v) is 17.1. The highest BCUT2D eigenvalue weighted by Gasteiger charge is 2.34. The van der Waals surface area contributed by atoms with Gasteiger partial charge >= 0.3 is 0 Å². The van der Waals surface area contributed by atoms with Crippen molar-refractivity contribution in [2.75, 3.05) is 18.5 Å². The molecule has 1 unspecified atom stereocenters. The van der Waals surface area contributed by atoms with Crippen molar-refractivity contribution in [1.29, 1.82) is 0 Å². The number of rotatable bonds is 7. The van der Waals surface area contributed by atoms with Crippen LogP contribution >= 0.6 is 22.6 Å². The maximum Gasteiger partial charge on any atom is 0.293 e. The minimum Gasteiger partial charge on any atom is -0.394 e. The predicted molar refractivity (Wildman–Crippen MR) is 112 cm³/mol. The van der Waals surface area contributed by atoms with Gasteiger partial charge in [0.15, 0.2) is 0 Å². The van der Waals surface area contributed by atoms with E-state index in [0.29, 0.717) is 17.8 Å². The number of amides is 1. The van der Waals surface area contributed by atoms with Crippen molar-refractivity contribution >= 4 is 45.1 Å². The molecule has 1 fully saturated rings. The highest BCUT2D eigenvalue weighted by molar-refractivity contribution is 14.1. The third-order valence-corrected chi connectivity index (χ3v) is 5.52. The molecule has 2 aliphatic rings. The van der Waals surface area contributed by atoms with Gasteiger partial charge in [-0.05, 0) is 54.0 Å². The van der Waals surface area contributed by atoms with E-state index >= 15 is 0 Å². The van der Waals surface area contributed by atoms with Crippen molar-refractivity contribution in [2.45, 2.75) is 31.3 Å². The minimum atomic E-state index is -0.554. The molecule has 0 spiro atoms. The molecular formula is C19H20FIN4O3. The van der Waals surface area contributed by atoms with Gasteiger partial charge < -0.3 is 15.0 Å². The Morgan fingerprint density at radius 1 is 1.46 bits per heavy atom. The molecule has 0 aliphatic heterocycles. The van der Waals surface area contributed by atoms with Crippen LogP contribution in [0.3, 0.4) is 0 Å². The smallest absolute Gasteiger partial charge is 0.293 e. The number of anilines is 1. The van der Waals surface area contributed by atoms with Crippen LogP contribution in [0.25, 0.3) is 10.9 Å². The van der Waals surface area contributed by atoms with Gasteiger partial charge in [0.1, 0.15) is 11.5 Å². The normalized spacial score (nSPS) is 19.3. The standard InChI is InChI=1S/C19H20FIN4O3/c20-14-9-11(21)1-4-15(14)23-17-13-10-22-6-5-16(13)25(12-2-3-12)18(17)19(27)24-28-8-7-26/h1,5-6,9-10,12,15,23,26H,2-4,7-8H2,(H,24,27). The monoisotopic (exact) mass is 498 g/mol. The second kappa shape index (κ2) is 8.18. The summed E-state index contributed by atoms with van der Waals surface area (Å²) in [5, 5.41) is 12.9. The van der Waals surface area contributed by atoms with Crippen LogP contribution in [0.4, 0.5) is 10.1 Å². The van der Waals surface area contributed by atoms with Crippen LogP contribution in [-0.2, 0) is 4.84 Å². The number of aliphatic hydroxyl groups excluding tert-OH is 1.